The van der Waals surface area contributed by atoms with Crippen LogP contribution in [0.4, 0.5) is 0 Å². The SMILES string of the molecule is CCc1cc(Br)cc(C(N)C(=O)O)c1. The van der Waals surface area contributed by atoms with Crippen LogP contribution in [0.1, 0.15) is 24.1 Å². The van der Waals surface area contributed by atoms with E-state index in [2.05, 4.69) is 15.9 Å². The summed E-state index contributed by atoms with van der Waals surface area (Å²) >= 11 is 3.32. The molecule has 0 spiro atoms. The number of aliphatic carboxylic acids is 1. The highest BCUT2D eigenvalue weighted by Gasteiger charge is 2.14. The molecule has 0 aliphatic rings. The smallest absolute Gasteiger partial charge is 0.325 e. The minimum absolute atomic E-state index is 0.628. The van der Waals surface area contributed by atoms with Gasteiger partial charge in [0.05, 0.1) is 0 Å². The Bertz CT molecular complexity index is 352. The third-order valence-corrected chi connectivity index (χ3v) is 2.47. The average molecular weight is 258 g/mol. The van der Waals surface area contributed by atoms with E-state index in [1.54, 1.807) is 6.07 Å². The minimum Gasteiger partial charge on any atom is -0.480 e. The monoisotopic (exact) mass is 257 g/mol. The molecule has 1 aromatic carbocycles. The maximum absolute atomic E-state index is 10.7. The fourth-order valence-corrected chi connectivity index (χ4v) is 1.76. The topological polar surface area (TPSA) is 63.3 Å². The fraction of sp³-hybridized carbons (Fsp3) is 0.300. The summed E-state index contributed by atoms with van der Waals surface area (Å²) in [7, 11) is 0. The zero-order valence-electron chi connectivity index (χ0n) is 7.83. The van der Waals surface area contributed by atoms with Crippen LogP contribution in [0.5, 0.6) is 0 Å². The van der Waals surface area contributed by atoms with Gasteiger partial charge in [-0.1, -0.05) is 28.9 Å². The van der Waals surface area contributed by atoms with Crippen molar-refractivity contribution in [2.24, 2.45) is 5.73 Å². The first-order valence-electron chi connectivity index (χ1n) is 4.32. The summed E-state index contributed by atoms with van der Waals surface area (Å²) in [6.45, 7) is 2.01. The summed E-state index contributed by atoms with van der Waals surface area (Å²) in [5.74, 6) is -1.01. The summed E-state index contributed by atoms with van der Waals surface area (Å²) < 4.78 is 0.864. The summed E-state index contributed by atoms with van der Waals surface area (Å²) in [4.78, 5) is 10.7. The zero-order chi connectivity index (χ0) is 10.7. The highest BCUT2D eigenvalue weighted by atomic mass is 79.9. The number of hydrogen-bond acceptors (Lipinski definition) is 2. The Morgan fingerprint density at radius 1 is 1.57 bits per heavy atom. The molecule has 0 aromatic heterocycles. The molecule has 0 aliphatic carbocycles. The third-order valence-electron chi connectivity index (χ3n) is 2.01. The van der Waals surface area contributed by atoms with Gasteiger partial charge in [0, 0.05) is 4.47 Å². The standard InChI is InChI=1S/C10H12BrNO2/c1-2-6-3-7(5-8(11)4-6)9(12)10(13)14/h3-5,9H,2,12H2,1H3,(H,13,14). The van der Waals surface area contributed by atoms with Crippen molar-refractivity contribution in [2.75, 3.05) is 0 Å². The maximum atomic E-state index is 10.7. The van der Waals surface area contributed by atoms with Gasteiger partial charge in [-0.2, -0.15) is 0 Å². The van der Waals surface area contributed by atoms with Gasteiger partial charge in [-0.25, -0.2) is 0 Å². The number of hydrogen-bond donors (Lipinski definition) is 2. The van der Waals surface area contributed by atoms with Crippen LogP contribution in [0.15, 0.2) is 22.7 Å². The summed E-state index contributed by atoms with van der Waals surface area (Å²) in [5.41, 5.74) is 7.21. The molecule has 0 saturated carbocycles. The van der Waals surface area contributed by atoms with Crippen molar-refractivity contribution in [3.8, 4) is 0 Å². The average Bonchev–Trinajstić information content (AvgIpc) is 2.15. The van der Waals surface area contributed by atoms with E-state index in [0.717, 1.165) is 16.5 Å². The molecule has 0 saturated heterocycles. The van der Waals surface area contributed by atoms with E-state index in [0.29, 0.717) is 5.56 Å². The van der Waals surface area contributed by atoms with Crippen LogP contribution >= 0.6 is 15.9 Å². The van der Waals surface area contributed by atoms with Gasteiger partial charge in [-0.05, 0) is 29.7 Å². The van der Waals surface area contributed by atoms with Crippen molar-refractivity contribution in [1.82, 2.24) is 0 Å². The van der Waals surface area contributed by atoms with Crippen molar-refractivity contribution in [3.63, 3.8) is 0 Å². The lowest BCUT2D eigenvalue weighted by molar-refractivity contribution is -0.138. The lowest BCUT2D eigenvalue weighted by Crippen LogP contribution is -2.20. The molecule has 3 nitrogen and oxygen atoms in total. The number of carboxylic acids is 1. The zero-order valence-corrected chi connectivity index (χ0v) is 9.41. The molecule has 0 fully saturated rings. The van der Waals surface area contributed by atoms with Crippen LogP contribution in [-0.2, 0) is 11.2 Å². The Morgan fingerprint density at radius 2 is 2.21 bits per heavy atom. The molecule has 1 atom stereocenters. The Balaban J connectivity index is 3.08. The molecule has 0 aliphatic heterocycles. The number of halogens is 1. The van der Waals surface area contributed by atoms with Crippen LogP contribution in [0.2, 0.25) is 0 Å². The molecule has 4 heteroatoms. The number of carbonyl (C=O) groups is 1. The quantitative estimate of drug-likeness (QED) is 0.872. The molecule has 1 aromatic rings. The van der Waals surface area contributed by atoms with Crippen LogP contribution in [-0.4, -0.2) is 11.1 Å². The van der Waals surface area contributed by atoms with Gasteiger partial charge in [0.1, 0.15) is 6.04 Å². The van der Waals surface area contributed by atoms with Gasteiger partial charge < -0.3 is 10.8 Å². The van der Waals surface area contributed by atoms with Crippen molar-refractivity contribution in [3.05, 3.63) is 33.8 Å². The third kappa shape index (κ3) is 2.56. The van der Waals surface area contributed by atoms with Crippen molar-refractivity contribution in [2.45, 2.75) is 19.4 Å². The van der Waals surface area contributed by atoms with E-state index in [4.69, 9.17) is 10.8 Å². The Morgan fingerprint density at radius 3 is 2.71 bits per heavy atom. The summed E-state index contributed by atoms with van der Waals surface area (Å²) in [5, 5.41) is 8.75. The summed E-state index contributed by atoms with van der Waals surface area (Å²) in [6, 6.07) is 4.57. The predicted octanol–water partition coefficient (Wildman–Crippen LogP) is 2.10. The van der Waals surface area contributed by atoms with Gasteiger partial charge >= 0.3 is 5.97 Å². The molecular weight excluding hydrogens is 246 g/mol. The molecular formula is C10H12BrNO2. The van der Waals surface area contributed by atoms with E-state index in [1.807, 2.05) is 19.1 Å². The van der Waals surface area contributed by atoms with E-state index in [9.17, 15) is 4.79 Å². The second-order valence-electron chi connectivity index (χ2n) is 3.06. The number of carboxylic acid groups (broad SMARTS) is 1. The van der Waals surface area contributed by atoms with E-state index >= 15 is 0 Å². The van der Waals surface area contributed by atoms with E-state index in [1.165, 1.54) is 0 Å². The fourth-order valence-electron chi connectivity index (χ4n) is 1.20. The van der Waals surface area contributed by atoms with Gasteiger partial charge in [0.2, 0.25) is 0 Å². The predicted molar refractivity (Wildman–Crippen MR) is 58.1 cm³/mol. The molecule has 14 heavy (non-hydrogen) atoms. The molecule has 0 bridgehead atoms. The van der Waals surface area contributed by atoms with Crippen molar-refractivity contribution < 1.29 is 9.90 Å². The number of benzene rings is 1. The highest BCUT2D eigenvalue weighted by molar-refractivity contribution is 9.10. The first-order valence-corrected chi connectivity index (χ1v) is 5.11. The molecule has 1 rings (SSSR count). The highest BCUT2D eigenvalue weighted by Crippen LogP contribution is 2.20. The minimum atomic E-state index is -1.01. The molecule has 1 unspecified atom stereocenters. The summed E-state index contributed by atoms with van der Waals surface area (Å²) in [6.07, 6.45) is 0.860. The van der Waals surface area contributed by atoms with Crippen LogP contribution in [0.25, 0.3) is 0 Å². The van der Waals surface area contributed by atoms with E-state index in [-0.39, 0.29) is 0 Å². The van der Waals surface area contributed by atoms with Crippen LogP contribution in [0.3, 0.4) is 0 Å². The van der Waals surface area contributed by atoms with Crippen molar-refractivity contribution in [1.29, 1.82) is 0 Å². The molecule has 76 valence electrons. The number of rotatable bonds is 3. The first kappa shape index (κ1) is 11.2. The van der Waals surface area contributed by atoms with Gasteiger partial charge in [-0.3, -0.25) is 4.79 Å². The Hall–Kier alpha value is -0.870. The number of aryl methyl sites for hydroxylation is 1. The molecule has 0 radical (unpaired) electrons. The number of nitrogens with two attached hydrogens (primary N) is 1. The lowest BCUT2D eigenvalue weighted by Gasteiger charge is -2.09. The Kier molecular flexibility index (Phi) is 3.66. The second kappa shape index (κ2) is 4.57. The first-order chi connectivity index (χ1) is 6.54. The molecule has 0 heterocycles. The van der Waals surface area contributed by atoms with E-state index < -0.39 is 12.0 Å². The Labute approximate surface area is 91.1 Å². The lowest BCUT2D eigenvalue weighted by atomic mass is 10.0. The largest absolute Gasteiger partial charge is 0.480 e. The normalized spacial score (nSPS) is 12.5. The maximum Gasteiger partial charge on any atom is 0.325 e. The van der Waals surface area contributed by atoms with Crippen molar-refractivity contribution >= 4 is 21.9 Å². The molecule has 3 N–H and O–H groups in total. The van der Waals surface area contributed by atoms with Gasteiger partial charge in [-0.15, -0.1) is 0 Å². The van der Waals surface area contributed by atoms with Gasteiger partial charge in [0.25, 0.3) is 0 Å². The second-order valence-corrected chi connectivity index (χ2v) is 3.98. The molecule has 0 amide bonds. The van der Waals surface area contributed by atoms with Gasteiger partial charge in [0.15, 0.2) is 0 Å². The van der Waals surface area contributed by atoms with Crippen LogP contribution in [0, 0.1) is 0 Å². The van der Waals surface area contributed by atoms with Crippen LogP contribution < -0.4 is 5.73 Å².